The van der Waals surface area contributed by atoms with Gasteiger partial charge in [0, 0.05) is 12.0 Å². The molecule has 0 aliphatic heterocycles. The maximum Gasteiger partial charge on any atom is 0.247 e. The molecule has 0 aliphatic rings. The van der Waals surface area contributed by atoms with Crippen molar-refractivity contribution in [3.63, 3.8) is 0 Å². The van der Waals surface area contributed by atoms with Crippen molar-refractivity contribution in [1.29, 1.82) is 0 Å². The van der Waals surface area contributed by atoms with Crippen LogP contribution in [0.25, 0.3) is 0 Å². The third-order valence-electron chi connectivity index (χ3n) is 4.00. The van der Waals surface area contributed by atoms with Crippen molar-refractivity contribution in [3.8, 4) is 11.5 Å². The van der Waals surface area contributed by atoms with Crippen molar-refractivity contribution < 1.29 is 14.3 Å². The van der Waals surface area contributed by atoms with E-state index in [0.717, 1.165) is 23.3 Å². The van der Waals surface area contributed by atoms with E-state index in [1.165, 1.54) is 11.3 Å². The smallest absolute Gasteiger partial charge is 0.247 e. The number of aryl methyl sites for hydroxylation is 1. The molecule has 3 aromatic rings. The van der Waals surface area contributed by atoms with Gasteiger partial charge in [0.2, 0.25) is 11.0 Å². The van der Waals surface area contributed by atoms with Gasteiger partial charge in [-0.05, 0) is 30.7 Å². The first-order valence-electron chi connectivity index (χ1n) is 9.42. The second-order valence-electron chi connectivity index (χ2n) is 6.36. The van der Waals surface area contributed by atoms with E-state index in [1.54, 1.807) is 6.21 Å². The van der Waals surface area contributed by atoms with Gasteiger partial charge in [-0.3, -0.25) is 4.79 Å². The maximum atomic E-state index is 11.9. The summed E-state index contributed by atoms with van der Waals surface area (Å²) < 4.78 is 11.6. The minimum Gasteiger partial charge on any atom is -0.493 e. The van der Waals surface area contributed by atoms with Gasteiger partial charge in [-0.15, -0.1) is 10.2 Å². The van der Waals surface area contributed by atoms with Gasteiger partial charge >= 0.3 is 0 Å². The van der Waals surface area contributed by atoms with E-state index >= 15 is 0 Å². The minimum atomic E-state index is -0.297. The highest BCUT2D eigenvalue weighted by Crippen LogP contribution is 2.18. The predicted molar refractivity (Wildman–Crippen MR) is 117 cm³/mol. The Labute approximate surface area is 178 Å². The van der Waals surface area contributed by atoms with Crippen LogP contribution in [0, 0.1) is 6.92 Å². The van der Waals surface area contributed by atoms with E-state index in [0.29, 0.717) is 29.1 Å². The first-order chi connectivity index (χ1) is 14.6. The predicted octanol–water partition coefficient (Wildman–Crippen LogP) is 2.97. The lowest BCUT2D eigenvalue weighted by molar-refractivity contribution is -0.120. The summed E-state index contributed by atoms with van der Waals surface area (Å²) in [4.78, 5) is 11.9. The molecule has 0 spiro atoms. The lowest BCUT2D eigenvalue weighted by Crippen LogP contribution is -2.19. The van der Waals surface area contributed by atoms with E-state index < -0.39 is 0 Å². The number of hydrazone groups is 1. The molecule has 2 aromatic carbocycles. The van der Waals surface area contributed by atoms with Crippen LogP contribution in [0.2, 0.25) is 0 Å². The maximum absolute atomic E-state index is 11.9. The van der Waals surface area contributed by atoms with Crippen LogP contribution >= 0.6 is 11.3 Å². The first kappa shape index (κ1) is 21.3. The highest BCUT2D eigenvalue weighted by molar-refractivity contribution is 7.15. The zero-order valence-electron chi connectivity index (χ0n) is 16.6. The van der Waals surface area contributed by atoms with E-state index in [1.807, 2.05) is 55.5 Å². The number of anilines is 1. The molecule has 9 heteroatoms. The number of hydrogen-bond donors (Lipinski definition) is 2. The topological polar surface area (TPSA) is 112 Å². The Morgan fingerprint density at radius 1 is 1.10 bits per heavy atom. The van der Waals surface area contributed by atoms with Crippen LogP contribution in [0.1, 0.15) is 22.6 Å². The third-order valence-corrected chi connectivity index (χ3v) is 4.76. The van der Waals surface area contributed by atoms with Gasteiger partial charge in [0.25, 0.3) is 0 Å². The van der Waals surface area contributed by atoms with Crippen molar-refractivity contribution in [3.05, 3.63) is 64.7 Å². The number of aromatic nitrogens is 2. The SMILES string of the molecule is Cc1ccccc1OCCCOc1ccccc1/C=N\NC(=O)Cc1nnc(N)s1. The lowest BCUT2D eigenvalue weighted by Gasteiger charge is -2.11. The third kappa shape index (κ3) is 6.56. The second-order valence-corrected chi connectivity index (χ2v) is 7.45. The van der Waals surface area contributed by atoms with Gasteiger partial charge in [-0.1, -0.05) is 41.7 Å². The Morgan fingerprint density at radius 3 is 2.53 bits per heavy atom. The number of para-hydroxylation sites is 2. The Bertz CT molecular complexity index is 1010. The average molecular weight is 426 g/mol. The van der Waals surface area contributed by atoms with Gasteiger partial charge < -0.3 is 15.2 Å². The molecule has 0 atom stereocenters. The molecule has 0 radical (unpaired) electrons. The van der Waals surface area contributed by atoms with Gasteiger partial charge in [0.15, 0.2) is 0 Å². The fourth-order valence-corrected chi connectivity index (χ4v) is 3.16. The van der Waals surface area contributed by atoms with Crippen molar-refractivity contribution >= 4 is 28.6 Å². The quantitative estimate of drug-likeness (QED) is 0.293. The van der Waals surface area contributed by atoms with Crippen LogP contribution in [0.4, 0.5) is 5.13 Å². The number of nitrogens with zero attached hydrogens (tertiary/aromatic N) is 3. The Balaban J connectivity index is 1.44. The van der Waals surface area contributed by atoms with E-state index in [9.17, 15) is 4.79 Å². The lowest BCUT2D eigenvalue weighted by atomic mass is 10.2. The molecule has 1 amide bonds. The number of nitrogen functional groups attached to an aromatic ring is 1. The van der Waals surface area contributed by atoms with Crippen LogP contribution in [-0.4, -0.2) is 35.5 Å². The first-order valence-corrected chi connectivity index (χ1v) is 10.2. The molecule has 30 heavy (non-hydrogen) atoms. The van der Waals surface area contributed by atoms with E-state index in [-0.39, 0.29) is 12.3 Å². The molecule has 8 nitrogen and oxygen atoms in total. The zero-order valence-corrected chi connectivity index (χ0v) is 17.4. The number of carbonyl (C=O) groups is 1. The van der Waals surface area contributed by atoms with Gasteiger partial charge in [-0.25, -0.2) is 5.43 Å². The standard InChI is InChI=1S/C21H23N5O3S/c1-15-7-2-4-9-17(15)28-11-6-12-29-18-10-5-3-8-16(18)14-23-24-19(27)13-20-25-26-21(22)30-20/h2-5,7-10,14H,6,11-13H2,1H3,(H2,22,26)(H,24,27)/b23-14-. The largest absolute Gasteiger partial charge is 0.493 e. The Kier molecular flexibility index (Phi) is 7.73. The normalized spacial score (nSPS) is 10.8. The van der Waals surface area contributed by atoms with E-state index in [4.69, 9.17) is 15.2 Å². The minimum absolute atomic E-state index is 0.0746. The fourth-order valence-electron chi connectivity index (χ4n) is 2.55. The zero-order chi connectivity index (χ0) is 21.2. The second kappa shape index (κ2) is 10.9. The fraction of sp³-hybridized carbons (Fsp3) is 0.238. The summed E-state index contributed by atoms with van der Waals surface area (Å²) in [6.07, 6.45) is 2.36. The Morgan fingerprint density at radius 2 is 1.80 bits per heavy atom. The molecule has 3 N–H and O–H groups in total. The number of hydrogen-bond acceptors (Lipinski definition) is 8. The van der Waals surface area contributed by atoms with Crippen LogP contribution in [0.15, 0.2) is 53.6 Å². The molecule has 0 unspecified atom stereocenters. The van der Waals surface area contributed by atoms with Gasteiger partial charge in [0.05, 0.1) is 25.8 Å². The van der Waals surface area contributed by atoms with Crippen LogP contribution in [0.3, 0.4) is 0 Å². The molecule has 0 fully saturated rings. The number of carbonyl (C=O) groups excluding carboxylic acids is 1. The van der Waals surface area contributed by atoms with Crippen LogP contribution in [-0.2, 0) is 11.2 Å². The molecular formula is C21H23N5O3S. The molecule has 0 saturated carbocycles. The Hall–Kier alpha value is -3.46. The molecule has 0 aliphatic carbocycles. The summed E-state index contributed by atoms with van der Waals surface area (Å²) in [5.41, 5.74) is 9.84. The van der Waals surface area contributed by atoms with Crippen LogP contribution in [0.5, 0.6) is 11.5 Å². The average Bonchev–Trinajstić information content (AvgIpc) is 3.14. The van der Waals surface area contributed by atoms with Crippen molar-refractivity contribution in [2.24, 2.45) is 5.10 Å². The summed E-state index contributed by atoms with van der Waals surface area (Å²) in [6, 6.07) is 15.4. The van der Waals surface area contributed by atoms with Gasteiger partial charge in [-0.2, -0.15) is 5.10 Å². The van der Waals surface area contributed by atoms with Gasteiger partial charge in [0.1, 0.15) is 16.5 Å². The summed E-state index contributed by atoms with van der Waals surface area (Å²) >= 11 is 1.17. The molecule has 1 heterocycles. The molecule has 0 saturated heterocycles. The highest BCUT2D eigenvalue weighted by atomic mass is 32.1. The summed E-state index contributed by atoms with van der Waals surface area (Å²) in [5.74, 6) is 1.27. The van der Waals surface area contributed by atoms with Crippen molar-refractivity contribution in [1.82, 2.24) is 15.6 Å². The molecule has 1 aromatic heterocycles. The molecular weight excluding hydrogens is 402 g/mol. The molecule has 0 bridgehead atoms. The number of nitrogens with one attached hydrogen (secondary N) is 1. The molecule has 156 valence electrons. The van der Waals surface area contributed by atoms with E-state index in [2.05, 4.69) is 20.7 Å². The van der Waals surface area contributed by atoms with Crippen molar-refractivity contribution in [2.75, 3.05) is 18.9 Å². The number of rotatable bonds is 10. The number of amides is 1. The van der Waals surface area contributed by atoms with Crippen LogP contribution < -0.4 is 20.6 Å². The summed E-state index contributed by atoms with van der Waals surface area (Å²) in [7, 11) is 0. The number of nitrogens with two attached hydrogens (primary N) is 1. The summed E-state index contributed by atoms with van der Waals surface area (Å²) in [6.45, 7) is 3.08. The summed E-state index contributed by atoms with van der Waals surface area (Å²) in [5, 5.41) is 12.3. The number of benzene rings is 2. The van der Waals surface area contributed by atoms with Crippen molar-refractivity contribution in [2.45, 2.75) is 19.8 Å². The highest BCUT2D eigenvalue weighted by Gasteiger charge is 2.07. The number of ether oxygens (including phenoxy) is 2. The molecule has 3 rings (SSSR count). The monoisotopic (exact) mass is 425 g/mol.